The van der Waals surface area contributed by atoms with Gasteiger partial charge in [0.15, 0.2) is 0 Å². The molecule has 0 saturated heterocycles. The van der Waals surface area contributed by atoms with Crippen molar-refractivity contribution in [3.05, 3.63) is 0 Å². The Labute approximate surface area is 482 Å². The Bertz CT molecular complexity index is 1540. The van der Waals surface area contributed by atoms with Crippen molar-refractivity contribution in [2.75, 3.05) is 205 Å². The van der Waals surface area contributed by atoms with Gasteiger partial charge in [0, 0.05) is 26.1 Å². The van der Waals surface area contributed by atoms with Gasteiger partial charge in [-0.2, -0.15) is 0 Å². The van der Waals surface area contributed by atoms with Gasteiger partial charge < -0.3 is 109 Å². The normalized spacial score (nSPS) is 13.1. The number of hydrogen-bond donors (Lipinski definition) is 8. The van der Waals surface area contributed by atoms with Crippen LogP contribution in [0.15, 0.2) is 10.3 Å². The summed E-state index contributed by atoms with van der Waals surface area (Å²) in [4.78, 5) is 48.8. The van der Waals surface area contributed by atoms with E-state index in [0.717, 1.165) is 12.8 Å². The summed E-state index contributed by atoms with van der Waals surface area (Å²) in [5, 5.41) is 40.2. The number of hydrogen-bond acceptors (Lipinski definition) is 24. The van der Waals surface area contributed by atoms with Crippen LogP contribution < -0.4 is 32.3 Å². The maximum absolute atomic E-state index is 12.5. The van der Waals surface area contributed by atoms with Gasteiger partial charge in [-0.05, 0) is 99.1 Å². The number of rotatable bonds is 62. The minimum absolute atomic E-state index is 0.155. The Morgan fingerprint density at radius 3 is 1.14 bits per heavy atom. The molecule has 0 rings (SSSR count). The van der Waals surface area contributed by atoms with E-state index in [1.165, 1.54) is 0 Å². The summed E-state index contributed by atoms with van der Waals surface area (Å²) in [5.74, 6) is -0.827. The summed E-state index contributed by atoms with van der Waals surface area (Å²) in [6.07, 6.45) is 4.69. The van der Waals surface area contributed by atoms with Crippen LogP contribution in [0.2, 0.25) is 0 Å². The topological polar surface area (TPSA) is 340 Å². The molecule has 9 N–H and O–H groups in total. The predicted octanol–water partition coefficient (Wildman–Crippen LogP) is 0.860. The van der Waals surface area contributed by atoms with Crippen LogP contribution in [0.5, 0.6) is 0 Å². The van der Waals surface area contributed by atoms with Crippen molar-refractivity contribution in [2.24, 2.45) is 22.0 Å². The molecule has 0 heterocycles. The van der Waals surface area contributed by atoms with Crippen LogP contribution in [-0.4, -0.2) is 267 Å². The van der Waals surface area contributed by atoms with E-state index in [4.69, 9.17) is 67.3 Å². The number of nitrogens with two attached hydrogens (primary N) is 1. The molecule has 27 heteroatoms. The van der Waals surface area contributed by atoms with E-state index in [0.29, 0.717) is 228 Å². The van der Waals surface area contributed by atoms with Crippen molar-refractivity contribution in [2.45, 2.75) is 104 Å². The number of oxime groups is 2. The molecule has 0 fully saturated rings. The maximum Gasteiger partial charge on any atom is 0.246 e. The summed E-state index contributed by atoms with van der Waals surface area (Å²) >= 11 is 0. The third kappa shape index (κ3) is 50.6. The first kappa shape index (κ1) is 77.4. The standard InChI is InChI=1S/C54H106N8O19/c1-46(61-67)53(3,4)58-17-11-48(12-18-59-54(5,6)47(2)62-68)10-16-57-51(65)44-81-45-52(66)60-49(43-63)9-7-8-15-56-50(64)13-19-69-21-23-71-25-27-73-29-31-75-33-35-77-37-39-79-41-42-80-40-38-78-36-34-76-32-30-74-28-26-72-24-22-70-20-14-55/h43,48-49,58-59,67-68H,7-42,44-45,55H2,1-6H3,(H,56,64)(H,57,65)(H,60,66)/b61-46-,62-47-. The van der Waals surface area contributed by atoms with Gasteiger partial charge in [0.25, 0.3) is 0 Å². The molecule has 0 aliphatic heterocycles. The molecule has 27 nitrogen and oxygen atoms in total. The summed E-state index contributed by atoms with van der Waals surface area (Å²) < 4.78 is 70.8. The van der Waals surface area contributed by atoms with Crippen LogP contribution in [0.25, 0.3) is 0 Å². The smallest absolute Gasteiger partial charge is 0.246 e. The van der Waals surface area contributed by atoms with E-state index in [1.807, 2.05) is 27.7 Å². The monoisotopic (exact) mass is 1170 g/mol. The molecule has 3 amide bonds. The van der Waals surface area contributed by atoms with Crippen LogP contribution in [0.4, 0.5) is 0 Å². The molecule has 0 aromatic heterocycles. The highest BCUT2D eigenvalue weighted by Gasteiger charge is 2.24. The number of nitrogens with one attached hydrogen (secondary N) is 5. The first-order valence-corrected chi connectivity index (χ1v) is 28.6. The van der Waals surface area contributed by atoms with E-state index < -0.39 is 23.0 Å². The van der Waals surface area contributed by atoms with E-state index in [9.17, 15) is 29.6 Å². The number of ether oxygens (including phenoxy) is 13. The van der Waals surface area contributed by atoms with Crippen LogP contribution in [0, 0.1) is 5.92 Å². The second-order valence-corrected chi connectivity index (χ2v) is 19.6. The van der Waals surface area contributed by atoms with Gasteiger partial charge in [-0.1, -0.05) is 10.3 Å². The summed E-state index contributed by atoms with van der Waals surface area (Å²) in [7, 11) is 0. The number of carbonyl (C=O) groups excluding carboxylic acids is 4. The first-order chi connectivity index (χ1) is 39.2. The van der Waals surface area contributed by atoms with Gasteiger partial charge in [-0.15, -0.1) is 0 Å². The molecular formula is C54H106N8O19. The highest BCUT2D eigenvalue weighted by atomic mass is 16.6. The zero-order valence-electron chi connectivity index (χ0n) is 49.9. The van der Waals surface area contributed by atoms with Gasteiger partial charge in [-0.3, -0.25) is 14.4 Å². The largest absolute Gasteiger partial charge is 0.411 e. The van der Waals surface area contributed by atoms with Gasteiger partial charge >= 0.3 is 0 Å². The average molecular weight is 1170 g/mol. The fraction of sp³-hybridized carbons (Fsp3) is 0.889. The number of nitrogens with zero attached hydrogens (tertiary/aromatic N) is 2. The van der Waals surface area contributed by atoms with Gasteiger partial charge in [-0.25, -0.2) is 0 Å². The highest BCUT2D eigenvalue weighted by Crippen LogP contribution is 2.15. The molecule has 1 unspecified atom stereocenters. The third-order valence-corrected chi connectivity index (χ3v) is 12.3. The molecule has 476 valence electrons. The number of carbonyl (C=O) groups is 4. The number of aldehydes is 1. The Morgan fingerprint density at radius 1 is 0.444 bits per heavy atom. The van der Waals surface area contributed by atoms with Crippen molar-refractivity contribution < 1.29 is 91.2 Å². The minimum atomic E-state index is -0.726. The lowest BCUT2D eigenvalue weighted by Gasteiger charge is -2.28. The zero-order chi connectivity index (χ0) is 59.8. The second kappa shape index (κ2) is 55.6. The second-order valence-electron chi connectivity index (χ2n) is 19.6. The fourth-order valence-corrected chi connectivity index (χ4v) is 6.82. The van der Waals surface area contributed by atoms with Crippen molar-refractivity contribution in [3.8, 4) is 0 Å². The molecule has 0 bridgehead atoms. The van der Waals surface area contributed by atoms with Crippen LogP contribution in [0.3, 0.4) is 0 Å². The Morgan fingerprint density at radius 2 is 0.778 bits per heavy atom. The number of unbranched alkanes of at least 4 members (excludes halogenated alkanes) is 1. The van der Waals surface area contributed by atoms with Gasteiger partial charge in [0.2, 0.25) is 17.7 Å². The lowest BCUT2D eigenvalue weighted by Crippen LogP contribution is -2.47. The molecule has 0 radical (unpaired) electrons. The zero-order valence-corrected chi connectivity index (χ0v) is 49.9. The quantitative estimate of drug-likeness (QED) is 0.0138. The van der Waals surface area contributed by atoms with E-state index in [-0.39, 0.29) is 44.0 Å². The van der Waals surface area contributed by atoms with Crippen LogP contribution >= 0.6 is 0 Å². The molecule has 81 heavy (non-hydrogen) atoms. The minimum Gasteiger partial charge on any atom is -0.411 e. The Kier molecular flexibility index (Phi) is 53.1. The molecule has 0 saturated carbocycles. The fourth-order valence-electron chi connectivity index (χ4n) is 6.82. The lowest BCUT2D eigenvalue weighted by molar-refractivity contribution is -0.132. The van der Waals surface area contributed by atoms with Crippen LogP contribution in [0.1, 0.15) is 86.5 Å². The van der Waals surface area contributed by atoms with E-state index in [1.54, 1.807) is 13.8 Å². The van der Waals surface area contributed by atoms with Gasteiger partial charge in [0.1, 0.15) is 19.5 Å². The van der Waals surface area contributed by atoms with Crippen molar-refractivity contribution >= 4 is 35.4 Å². The third-order valence-electron chi connectivity index (χ3n) is 12.3. The summed E-state index contributed by atoms with van der Waals surface area (Å²) in [6.45, 7) is 24.1. The average Bonchev–Trinajstić information content (AvgIpc) is 3.44. The van der Waals surface area contributed by atoms with E-state index in [2.05, 4.69) is 36.9 Å². The van der Waals surface area contributed by atoms with Crippen molar-refractivity contribution in [1.29, 1.82) is 0 Å². The maximum atomic E-state index is 12.5. The SMILES string of the molecule is C/C(=N/O)C(C)(C)NCCC(CCNC(=O)COCC(=O)NC(C=O)CCCCNC(=O)CCOCCOCCOCCOCCOCCOCCOCCOCCOCCOCCOCCOCCN)CCNC(C)(C)/C(C)=N\O. The van der Waals surface area contributed by atoms with Crippen LogP contribution in [-0.2, 0) is 80.8 Å². The summed E-state index contributed by atoms with van der Waals surface area (Å²) in [5.41, 5.74) is 5.49. The first-order valence-electron chi connectivity index (χ1n) is 28.6. The number of amides is 3. The predicted molar refractivity (Wildman–Crippen MR) is 303 cm³/mol. The Hall–Kier alpha value is -3.62. The lowest BCUT2D eigenvalue weighted by atomic mass is 9.94. The molecule has 0 spiro atoms. The van der Waals surface area contributed by atoms with Gasteiger partial charge in [0.05, 0.1) is 187 Å². The van der Waals surface area contributed by atoms with E-state index >= 15 is 0 Å². The highest BCUT2D eigenvalue weighted by molar-refractivity contribution is 5.90. The molecule has 0 aromatic carbocycles. The Balaban J connectivity index is 3.72. The molecule has 1 atom stereocenters. The molecule has 0 aliphatic carbocycles. The van der Waals surface area contributed by atoms with Crippen molar-refractivity contribution in [1.82, 2.24) is 26.6 Å². The molecule has 0 aromatic rings. The summed E-state index contributed by atoms with van der Waals surface area (Å²) in [6, 6.07) is -0.726. The molecule has 0 aliphatic rings. The van der Waals surface area contributed by atoms with Crippen molar-refractivity contribution in [3.63, 3.8) is 0 Å². The molecular weight excluding hydrogens is 1060 g/mol.